The standard InChI is InChI=1S/C21H22N2O3/c1-2-6-18-15(5-1)21(11-23(18)10-14-4-3-7-24-14)12-25-19-9-17-20(8-16(19)21)26-13-22-17/h1-2,5-6,8-9,14,22H,3-4,7,10-13H2/t14-,21?/m1/s1. The number of hydrogen-bond acceptors (Lipinski definition) is 5. The minimum atomic E-state index is -0.120. The number of para-hydroxylation sites is 1. The van der Waals surface area contributed by atoms with Crippen LogP contribution in [-0.2, 0) is 10.2 Å². The maximum absolute atomic E-state index is 6.18. The molecule has 4 heterocycles. The van der Waals surface area contributed by atoms with Crippen molar-refractivity contribution in [2.24, 2.45) is 0 Å². The maximum atomic E-state index is 6.18. The number of nitrogens with zero attached hydrogens (tertiary/aromatic N) is 1. The highest BCUT2D eigenvalue weighted by Crippen LogP contribution is 2.53. The van der Waals surface area contributed by atoms with E-state index in [-0.39, 0.29) is 5.41 Å². The molecule has 4 aliphatic heterocycles. The highest BCUT2D eigenvalue weighted by atomic mass is 16.5. The molecule has 2 atom stereocenters. The summed E-state index contributed by atoms with van der Waals surface area (Å²) in [6.07, 6.45) is 2.67. The summed E-state index contributed by atoms with van der Waals surface area (Å²) >= 11 is 0. The smallest absolute Gasteiger partial charge is 0.159 e. The molecule has 0 saturated carbocycles. The maximum Gasteiger partial charge on any atom is 0.159 e. The van der Waals surface area contributed by atoms with Crippen LogP contribution in [-0.4, -0.2) is 39.1 Å². The number of fused-ring (bicyclic) bond motifs is 5. The molecule has 1 spiro atoms. The SMILES string of the molecule is c1ccc2c(c1)N(C[C@H]1CCCO1)CC21COc2cc3c(cc21)OCN3. The van der Waals surface area contributed by atoms with E-state index in [0.29, 0.717) is 19.4 Å². The summed E-state index contributed by atoms with van der Waals surface area (Å²) < 4.78 is 17.8. The number of hydrogen-bond donors (Lipinski definition) is 1. The van der Waals surface area contributed by atoms with Gasteiger partial charge < -0.3 is 24.4 Å². The summed E-state index contributed by atoms with van der Waals surface area (Å²) in [7, 11) is 0. The van der Waals surface area contributed by atoms with Gasteiger partial charge in [0.1, 0.15) is 18.1 Å². The average Bonchev–Trinajstić information content (AvgIpc) is 3.44. The zero-order valence-corrected chi connectivity index (χ0v) is 14.7. The minimum absolute atomic E-state index is 0.120. The Morgan fingerprint density at radius 1 is 1.12 bits per heavy atom. The predicted octanol–water partition coefficient (Wildman–Crippen LogP) is 3.13. The van der Waals surface area contributed by atoms with Crippen molar-refractivity contribution in [3.05, 3.63) is 47.5 Å². The second kappa shape index (κ2) is 5.30. The molecular formula is C21H22N2O3. The Morgan fingerprint density at radius 3 is 3.00 bits per heavy atom. The van der Waals surface area contributed by atoms with Gasteiger partial charge >= 0.3 is 0 Å². The first-order valence-corrected chi connectivity index (χ1v) is 9.48. The zero-order valence-electron chi connectivity index (χ0n) is 14.7. The Hall–Kier alpha value is -2.40. The summed E-state index contributed by atoms with van der Waals surface area (Å²) in [6.45, 7) is 4.01. The molecule has 2 aromatic rings. The molecular weight excluding hydrogens is 328 g/mol. The van der Waals surface area contributed by atoms with E-state index in [1.165, 1.54) is 23.2 Å². The van der Waals surface area contributed by atoms with Crippen molar-refractivity contribution in [3.8, 4) is 11.5 Å². The van der Waals surface area contributed by atoms with E-state index >= 15 is 0 Å². The molecule has 0 amide bonds. The number of rotatable bonds is 2. The van der Waals surface area contributed by atoms with Crippen molar-refractivity contribution in [1.29, 1.82) is 0 Å². The molecule has 0 radical (unpaired) electrons. The quantitative estimate of drug-likeness (QED) is 0.901. The van der Waals surface area contributed by atoms with Gasteiger partial charge in [-0.25, -0.2) is 0 Å². The van der Waals surface area contributed by atoms with Crippen molar-refractivity contribution < 1.29 is 14.2 Å². The first kappa shape index (κ1) is 14.7. The lowest BCUT2D eigenvalue weighted by molar-refractivity contribution is 0.115. The Morgan fingerprint density at radius 2 is 2.08 bits per heavy atom. The van der Waals surface area contributed by atoms with Gasteiger partial charge in [0, 0.05) is 37.0 Å². The molecule has 26 heavy (non-hydrogen) atoms. The van der Waals surface area contributed by atoms with Gasteiger partial charge in [0.05, 0.1) is 17.2 Å². The number of benzene rings is 2. The molecule has 1 saturated heterocycles. The first-order valence-electron chi connectivity index (χ1n) is 9.48. The van der Waals surface area contributed by atoms with E-state index in [0.717, 1.165) is 43.3 Å². The van der Waals surface area contributed by atoms with E-state index in [2.05, 4.69) is 46.6 Å². The van der Waals surface area contributed by atoms with Crippen LogP contribution < -0.4 is 19.7 Å². The van der Waals surface area contributed by atoms with E-state index in [4.69, 9.17) is 14.2 Å². The number of nitrogens with one attached hydrogen (secondary N) is 1. The molecule has 0 aliphatic carbocycles. The largest absolute Gasteiger partial charge is 0.492 e. The molecule has 4 aliphatic rings. The third kappa shape index (κ3) is 1.95. The Kier molecular flexibility index (Phi) is 3.00. The summed E-state index contributed by atoms with van der Waals surface area (Å²) in [5.41, 5.74) is 4.85. The van der Waals surface area contributed by atoms with E-state index in [1.54, 1.807) is 0 Å². The van der Waals surface area contributed by atoms with Gasteiger partial charge in [-0.05, 0) is 30.5 Å². The summed E-state index contributed by atoms with van der Waals surface area (Å²) in [4.78, 5) is 2.50. The van der Waals surface area contributed by atoms with Crippen molar-refractivity contribution >= 4 is 11.4 Å². The molecule has 134 valence electrons. The van der Waals surface area contributed by atoms with Gasteiger partial charge in [-0.3, -0.25) is 0 Å². The Labute approximate surface area is 152 Å². The first-order chi connectivity index (χ1) is 12.8. The topological polar surface area (TPSA) is 43.0 Å². The zero-order chi connectivity index (χ0) is 17.1. The van der Waals surface area contributed by atoms with Crippen molar-refractivity contribution in [3.63, 3.8) is 0 Å². The van der Waals surface area contributed by atoms with Crippen LogP contribution in [0.1, 0.15) is 24.0 Å². The van der Waals surface area contributed by atoms with Crippen LogP contribution in [0.5, 0.6) is 11.5 Å². The second-order valence-corrected chi connectivity index (χ2v) is 7.71. The van der Waals surface area contributed by atoms with Crippen LogP contribution in [0.25, 0.3) is 0 Å². The monoisotopic (exact) mass is 350 g/mol. The van der Waals surface area contributed by atoms with Gasteiger partial charge in [-0.1, -0.05) is 18.2 Å². The van der Waals surface area contributed by atoms with Crippen LogP contribution in [0.15, 0.2) is 36.4 Å². The van der Waals surface area contributed by atoms with Gasteiger partial charge in [0.25, 0.3) is 0 Å². The summed E-state index contributed by atoms with van der Waals surface area (Å²) in [5.74, 6) is 1.92. The van der Waals surface area contributed by atoms with E-state index in [9.17, 15) is 0 Å². The lowest BCUT2D eigenvalue weighted by atomic mass is 9.77. The molecule has 1 fully saturated rings. The van der Waals surface area contributed by atoms with Crippen molar-refractivity contribution in [2.75, 3.05) is 43.3 Å². The molecule has 2 aromatic carbocycles. The Bertz CT molecular complexity index is 878. The van der Waals surface area contributed by atoms with E-state index in [1.807, 2.05) is 0 Å². The van der Waals surface area contributed by atoms with Gasteiger partial charge in [-0.2, -0.15) is 0 Å². The molecule has 0 aromatic heterocycles. The van der Waals surface area contributed by atoms with Crippen LogP contribution in [0, 0.1) is 0 Å². The van der Waals surface area contributed by atoms with Crippen LogP contribution >= 0.6 is 0 Å². The van der Waals surface area contributed by atoms with Gasteiger partial charge in [0.15, 0.2) is 6.73 Å². The van der Waals surface area contributed by atoms with Crippen LogP contribution in [0.3, 0.4) is 0 Å². The Balaban J connectivity index is 1.44. The fraction of sp³-hybridized carbons (Fsp3) is 0.429. The lowest BCUT2D eigenvalue weighted by Crippen LogP contribution is -2.39. The van der Waals surface area contributed by atoms with Crippen molar-refractivity contribution in [2.45, 2.75) is 24.4 Å². The van der Waals surface area contributed by atoms with Gasteiger partial charge in [-0.15, -0.1) is 0 Å². The lowest BCUT2D eigenvalue weighted by Gasteiger charge is -2.26. The fourth-order valence-corrected chi connectivity index (χ4v) is 4.98. The molecule has 5 nitrogen and oxygen atoms in total. The van der Waals surface area contributed by atoms with Gasteiger partial charge in [0.2, 0.25) is 0 Å². The molecule has 1 unspecified atom stereocenters. The predicted molar refractivity (Wildman–Crippen MR) is 99.5 cm³/mol. The molecule has 5 heteroatoms. The third-order valence-corrected chi connectivity index (χ3v) is 6.23. The second-order valence-electron chi connectivity index (χ2n) is 7.71. The summed E-state index contributed by atoms with van der Waals surface area (Å²) in [6, 6.07) is 13.0. The van der Waals surface area contributed by atoms with E-state index < -0.39 is 0 Å². The summed E-state index contributed by atoms with van der Waals surface area (Å²) in [5, 5.41) is 3.26. The van der Waals surface area contributed by atoms with Crippen LogP contribution in [0.2, 0.25) is 0 Å². The molecule has 0 bridgehead atoms. The van der Waals surface area contributed by atoms with Crippen LogP contribution in [0.4, 0.5) is 11.4 Å². The normalized spacial score (nSPS) is 27.7. The van der Waals surface area contributed by atoms with Crippen molar-refractivity contribution in [1.82, 2.24) is 0 Å². The number of ether oxygens (including phenoxy) is 3. The number of anilines is 2. The molecule has 1 N–H and O–H groups in total. The fourth-order valence-electron chi connectivity index (χ4n) is 4.98. The average molecular weight is 350 g/mol. The third-order valence-electron chi connectivity index (χ3n) is 6.23. The highest BCUT2D eigenvalue weighted by molar-refractivity contribution is 5.73. The highest BCUT2D eigenvalue weighted by Gasteiger charge is 2.50. The molecule has 6 rings (SSSR count). The minimum Gasteiger partial charge on any atom is -0.492 e.